The summed E-state index contributed by atoms with van der Waals surface area (Å²) in [4.78, 5) is 45.0. The van der Waals surface area contributed by atoms with Gasteiger partial charge in [0.1, 0.15) is 23.4 Å². The van der Waals surface area contributed by atoms with Crippen molar-refractivity contribution in [1.82, 2.24) is 20.5 Å². The molecular weight excluding hydrogens is 524 g/mol. The van der Waals surface area contributed by atoms with Gasteiger partial charge in [-0.3, -0.25) is 19.4 Å². The molecule has 0 unspecified atom stereocenters. The summed E-state index contributed by atoms with van der Waals surface area (Å²) in [5.74, 6) is 0.980. The number of likely N-dealkylation sites (tertiary alicyclic amines) is 1. The van der Waals surface area contributed by atoms with Crippen LogP contribution in [0, 0.1) is 6.92 Å². The van der Waals surface area contributed by atoms with Gasteiger partial charge < -0.3 is 29.7 Å². The minimum Gasteiger partial charge on any atom is -0.496 e. The third-order valence-corrected chi connectivity index (χ3v) is 7.40. The number of rotatable bonds is 4. The number of ether oxygens (including phenoxy) is 3. The van der Waals surface area contributed by atoms with Gasteiger partial charge in [-0.2, -0.15) is 0 Å². The molecular formula is C31H34N4O6. The number of carbonyl (C=O) groups is 3. The Morgan fingerprint density at radius 2 is 2.05 bits per heavy atom. The molecule has 3 aromatic rings. The Balaban J connectivity index is 1.40. The highest BCUT2D eigenvalue weighted by Crippen LogP contribution is 2.28. The Morgan fingerprint density at radius 3 is 2.85 bits per heavy atom. The molecule has 1 aromatic heterocycles. The summed E-state index contributed by atoms with van der Waals surface area (Å²) in [6, 6.07) is 13.9. The van der Waals surface area contributed by atoms with E-state index in [1.165, 1.54) is 0 Å². The van der Waals surface area contributed by atoms with Gasteiger partial charge in [0, 0.05) is 62.1 Å². The van der Waals surface area contributed by atoms with E-state index in [-0.39, 0.29) is 37.0 Å². The highest BCUT2D eigenvalue weighted by atomic mass is 16.5. The Kier molecular flexibility index (Phi) is 8.67. The minimum absolute atomic E-state index is 0.0131. The first-order chi connectivity index (χ1) is 19.9. The van der Waals surface area contributed by atoms with Crippen molar-refractivity contribution in [2.75, 3.05) is 26.8 Å². The molecule has 1 fully saturated rings. The van der Waals surface area contributed by atoms with E-state index in [1.807, 2.05) is 31.2 Å². The van der Waals surface area contributed by atoms with Gasteiger partial charge in [0.25, 0.3) is 11.8 Å². The lowest BCUT2D eigenvalue weighted by atomic mass is 10.00. The normalized spacial score (nSPS) is 19.1. The van der Waals surface area contributed by atoms with E-state index in [0.717, 1.165) is 16.7 Å². The zero-order valence-electron chi connectivity index (χ0n) is 23.2. The van der Waals surface area contributed by atoms with Gasteiger partial charge >= 0.3 is 0 Å². The molecule has 0 aliphatic carbocycles. The van der Waals surface area contributed by atoms with E-state index >= 15 is 0 Å². The minimum atomic E-state index is -0.464. The molecule has 0 saturated carbocycles. The fourth-order valence-electron chi connectivity index (χ4n) is 5.05. The molecule has 4 heterocycles. The Labute approximate surface area is 239 Å². The molecule has 6 rings (SSSR count). The lowest BCUT2D eigenvalue weighted by Crippen LogP contribution is -2.58. The van der Waals surface area contributed by atoms with Crippen molar-refractivity contribution in [3.05, 3.63) is 83.2 Å². The quantitative estimate of drug-likeness (QED) is 0.506. The first-order valence-electron chi connectivity index (χ1n) is 13.7. The van der Waals surface area contributed by atoms with E-state index in [0.29, 0.717) is 55.2 Å². The highest BCUT2D eigenvalue weighted by molar-refractivity contribution is 5.95. The smallest absolute Gasteiger partial charge is 0.258 e. The summed E-state index contributed by atoms with van der Waals surface area (Å²) in [6.45, 7) is 2.73. The second-order valence-corrected chi connectivity index (χ2v) is 10.2. The molecule has 10 heteroatoms. The van der Waals surface area contributed by atoms with Gasteiger partial charge in [-0.15, -0.1) is 0 Å². The lowest BCUT2D eigenvalue weighted by molar-refractivity contribution is -0.133. The summed E-state index contributed by atoms with van der Waals surface area (Å²) >= 11 is 0. The second-order valence-electron chi connectivity index (χ2n) is 10.2. The number of hydrogen-bond donors (Lipinski definition) is 2. The van der Waals surface area contributed by atoms with Crippen LogP contribution in [0.25, 0.3) is 0 Å². The van der Waals surface area contributed by atoms with Crippen LogP contribution in [0.1, 0.15) is 39.9 Å². The number of nitrogens with one attached hydrogen (secondary N) is 2. The fourth-order valence-corrected chi connectivity index (χ4v) is 5.05. The number of aryl methyl sites for hydroxylation is 2. The van der Waals surface area contributed by atoms with Crippen LogP contribution in [-0.4, -0.2) is 66.6 Å². The van der Waals surface area contributed by atoms with Crippen molar-refractivity contribution in [1.29, 1.82) is 0 Å². The van der Waals surface area contributed by atoms with E-state index in [4.69, 9.17) is 14.2 Å². The molecule has 214 valence electrons. The van der Waals surface area contributed by atoms with Crippen LogP contribution in [0.4, 0.5) is 0 Å². The van der Waals surface area contributed by atoms with Gasteiger partial charge in [-0.05, 0) is 54.8 Å². The highest BCUT2D eigenvalue weighted by Gasteiger charge is 2.34. The van der Waals surface area contributed by atoms with E-state index in [1.54, 1.807) is 48.7 Å². The summed E-state index contributed by atoms with van der Waals surface area (Å²) in [7, 11) is 1.56. The van der Waals surface area contributed by atoms with Gasteiger partial charge in [0.15, 0.2) is 6.61 Å². The number of nitrogens with zero attached hydrogens (tertiary/aromatic N) is 2. The molecule has 10 nitrogen and oxygen atoms in total. The number of fused-ring (bicyclic) bond motifs is 7. The third kappa shape index (κ3) is 6.95. The zero-order valence-corrected chi connectivity index (χ0v) is 23.2. The summed E-state index contributed by atoms with van der Waals surface area (Å²) < 4.78 is 17.7. The summed E-state index contributed by atoms with van der Waals surface area (Å²) in [5.41, 5.74) is 2.97. The number of amides is 3. The number of pyridine rings is 1. The van der Waals surface area contributed by atoms with E-state index < -0.39 is 6.04 Å². The first kappa shape index (κ1) is 27.9. The standard InChI is InChI=1S/C31H34N4O6/c1-20-5-7-22-14-27(20)40-19-29(36)33-17-23-8-9-24(15-28(23)39-2)41-26-11-13-35(18-25(26)34-31(22)38)30(37)10-6-21-4-3-12-32-16-21/h3-5,7-9,12,14-16,25-26H,6,10-11,13,17-19H2,1-2H3,(H,33,36)(H,34,38)/t25-,26+/m0/s1. The number of piperidine rings is 1. The van der Waals surface area contributed by atoms with Crippen LogP contribution in [0.2, 0.25) is 0 Å². The first-order valence-corrected chi connectivity index (χ1v) is 13.7. The van der Waals surface area contributed by atoms with Crippen molar-refractivity contribution >= 4 is 17.7 Å². The molecule has 0 spiro atoms. The van der Waals surface area contributed by atoms with Gasteiger partial charge in [-0.1, -0.05) is 12.1 Å². The van der Waals surface area contributed by atoms with Gasteiger partial charge in [-0.25, -0.2) is 0 Å². The maximum Gasteiger partial charge on any atom is 0.258 e. The maximum atomic E-state index is 13.4. The SMILES string of the molecule is COc1cc2ccc1CNC(=O)COc1cc(ccc1C)C(=O)N[C@H]1CN(C(=O)CCc3cccnc3)CC[C@H]1O2. The van der Waals surface area contributed by atoms with Gasteiger partial charge in [0.2, 0.25) is 5.91 Å². The molecule has 2 N–H and O–H groups in total. The molecule has 1 saturated heterocycles. The molecule has 3 aliphatic rings. The Bertz CT molecular complexity index is 1410. The molecule has 2 aromatic carbocycles. The van der Waals surface area contributed by atoms with Crippen molar-refractivity contribution < 1.29 is 28.6 Å². The van der Waals surface area contributed by atoms with Gasteiger partial charge in [0.05, 0.1) is 13.2 Å². The molecule has 4 bridgehead atoms. The predicted octanol–water partition coefficient (Wildman–Crippen LogP) is 2.82. The zero-order chi connectivity index (χ0) is 28.8. The summed E-state index contributed by atoms with van der Waals surface area (Å²) in [5, 5.41) is 5.94. The number of methoxy groups -OCH3 is 1. The Morgan fingerprint density at radius 1 is 1.17 bits per heavy atom. The lowest BCUT2D eigenvalue weighted by Gasteiger charge is -2.39. The monoisotopic (exact) mass is 558 g/mol. The van der Waals surface area contributed by atoms with E-state index in [9.17, 15) is 14.4 Å². The number of aromatic nitrogens is 1. The van der Waals surface area contributed by atoms with Crippen LogP contribution in [-0.2, 0) is 22.6 Å². The van der Waals surface area contributed by atoms with E-state index in [2.05, 4.69) is 15.6 Å². The largest absolute Gasteiger partial charge is 0.496 e. The topological polar surface area (TPSA) is 119 Å². The van der Waals surface area contributed by atoms with Crippen molar-refractivity contribution in [2.45, 2.75) is 44.9 Å². The average molecular weight is 559 g/mol. The van der Waals surface area contributed by atoms with Crippen LogP contribution in [0.3, 0.4) is 0 Å². The molecule has 41 heavy (non-hydrogen) atoms. The van der Waals surface area contributed by atoms with Crippen LogP contribution in [0.15, 0.2) is 60.9 Å². The fraction of sp³-hybridized carbons (Fsp3) is 0.355. The van der Waals surface area contributed by atoms with Crippen molar-refractivity contribution in [3.63, 3.8) is 0 Å². The van der Waals surface area contributed by atoms with Crippen molar-refractivity contribution in [2.24, 2.45) is 0 Å². The van der Waals surface area contributed by atoms with Crippen LogP contribution in [0.5, 0.6) is 17.2 Å². The number of hydrogen-bond acceptors (Lipinski definition) is 7. The predicted molar refractivity (Wildman–Crippen MR) is 151 cm³/mol. The van der Waals surface area contributed by atoms with Crippen LogP contribution >= 0.6 is 0 Å². The average Bonchev–Trinajstić information content (AvgIpc) is 2.99. The molecule has 2 atom stereocenters. The number of carbonyl (C=O) groups excluding carboxylic acids is 3. The molecule has 3 amide bonds. The third-order valence-electron chi connectivity index (χ3n) is 7.40. The maximum absolute atomic E-state index is 13.4. The molecule has 0 radical (unpaired) electrons. The number of benzene rings is 2. The Hall–Kier alpha value is -4.60. The van der Waals surface area contributed by atoms with Crippen molar-refractivity contribution in [3.8, 4) is 17.2 Å². The van der Waals surface area contributed by atoms with Crippen LogP contribution < -0.4 is 24.8 Å². The summed E-state index contributed by atoms with van der Waals surface area (Å²) in [6.07, 6.45) is 4.57. The second kappa shape index (κ2) is 12.7. The molecule has 3 aliphatic heterocycles.